The van der Waals surface area contributed by atoms with Gasteiger partial charge in [0.05, 0.1) is 21.1 Å². The molecular weight excluding hydrogens is 158 g/mol. The second-order valence-electron chi connectivity index (χ2n) is 4.87. The molecule has 0 aliphatic carbocycles. The van der Waals surface area contributed by atoms with Crippen LogP contribution >= 0.6 is 0 Å². The van der Waals surface area contributed by atoms with Crippen LogP contribution in [0.25, 0.3) is 0 Å². The zero-order chi connectivity index (χ0) is 10.1. The van der Waals surface area contributed by atoms with Crippen LogP contribution in [0.15, 0.2) is 18.2 Å². The lowest BCUT2D eigenvalue weighted by Gasteiger charge is -2.24. The molecule has 72 valence electrons. The molecule has 0 unspecified atom stereocenters. The second kappa shape index (κ2) is 3.51. The number of nitrogens with zero attached hydrogens (tertiary/aromatic N) is 1. The number of quaternary nitrogens is 1. The molecule has 0 atom stereocenters. The lowest BCUT2D eigenvalue weighted by Crippen LogP contribution is -2.33. The first-order chi connectivity index (χ1) is 5.88. The first-order valence-electron chi connectivity index (χ1n) is 4.75. The summed E-state index contributed by atoms with van der Waals surface area (Å²) in [6.45, 7) is 5.43. The number of hydrogen-bond acceptors (Lipinski definition) is 0. The SMILES string of the molecule is Cc1ccc(C[N+](C)(C)C)cc1C. The van der Waals surface area contributed by atoms with Crippen molar-refractivity contribution in [2.75, 3.05) is 21.1 Å². The molecule has 0 spiro atoms. The fraction of sp³-hybridized carbons (Fsp3) is 0.500. The summed E-state index contributed by atoms with van der Waals surface area (Å²) in [5.41, 5.74) is 4.20. The van der Waals surface area contributed by atoms with Gasteiger partial charge in [-0.15, -0.1) is 0 Å². The number of aryl methyl sites for hydroxylation is 2. The van der Waals surface area contributed by atoms with Gasteiger partial charge in [0.2, 0.25) is 0 Å². The van der Waals surface area contributed by atoms with Crippen LogP contribution in [0.2, 0.25) is 0 Å². The van der Waals surface area contributed by atoms with Gasteiger partial charge in [0.15, 0.2) is 0 Å². The van der Waals surface area contributed by atoms with Crippen LogP contribution in [0.5, 0.6) is 0 Å². The standard InChI is InChI=1S/C12H20N/c1-10-6-7-12(8-11(10)2)9-13(3,4)5/h6-8H,9H2,1-5H3/q+1. The van der Waals surface area contributed by atoms with E-state index in [0.717, 1.165) is 11.0 Å². The van der Waals surface area contributed by atoms with Gasteiger partial charge < -0.3 is 4.48 Å². The van der Waals surface area contributed by atoms with Crippen molar-refractivity contribution in [3.05, 3.63) is 34.9 Å². The molecule has 0 bridgehead atoms. The first kappa shape index (κ1) is 10.3. The van der Waals surface area contributed by atoms with Crippen LogP contribution in [-0.4, -0.2) is 25.6 Å². The Kier molecular flexibility index (Phi) is 2.77. The first-order valence-corrected chi connectivity index (χ1v) is 4.75. The summed E-state index contributed by atoms with van der Waals surface area (Å²) in [5.74, 6) is 0. The Balaban J connectivity index is 2.86. The number of hydrogen-bond donors (Lipinski definition) is 0. The van der Waals surface area contributed by atoms with Gasteiger partial charge in [-0.2, -0.15) is 0 Å². The number of rotatable bonds is 2. The van der Waals surface area contributed by atoms with E-state index in [1.54, 1.807) is 0 Å². The molecule has 0 amide bonds. The van der Waals surface area contributed by atoms with Gasteiger partial charge in [-0.1, -0.05) is 18.2 Å². The smallest absolute Gasteiger partial charge is 0.104 e. The molecule has 0 heterocycles. The largest absolute Gasteiger partial charge is 0.327 e. The van der Waals surface area contributed by atoms with Gasteiger partial charge in [-0.3, -0.25) is 0 Å². The highest BCUT2D eigenvalue weighted by Crippen LogP contribution is 2.12. The molecule has 0 radical (unpaired) electrons. The molecule has 0 N–H and O–H groups in total. The fourth-order valence-electron chi connectivity index (χ4n) is 1.45. The summed E-state index contributed by atoms with van der Waals surface area (Å²) >= 11 is 0. The minimum atomic E-state index is 0.989. The molecule has 1 nitrogen and oxygen atoms in total. The molecule has 1 aromatic carbocycles. The fourth-order valence-corrected chi connectivity index (χ4v) is 1.45. The molecule has 1 heteroatoms. The molecule has 13 heavy (non-hydrogen) atoms. The Morgan fingerprint density at radius 2 is 1.62 bits per heavy atom. The van der Waals surface area contributed by atoms with Gasteiger partial charge in [0.25, 0.3) is 0 Å². The van der Waals surface area contributed by atoms with E-state index in [9.17, 15) is 0 Å². The zero-order valence-corrected chi connectivity index (χ0v) is 9.39. The zero-order valence-electron chi connectivity index (χ0n) is 9.39. The van der Waals surface area contributed by atoms with Crippen molar-refractivity contribution < 1.29 is 4.48 Å². The van der Waals surface area contributed by atoms with Gasteiger partial charge in [-0.05, 0) is 25.0 Å². The van der Waals surface area contributed by atoms with E-state index in [1.165, 1.54) is 16.7 Å². The van der Waals surface area contributed by atoms with Crippen molar-refractivity contribution in [1.29, 1.82) is 0 Å². The van der Waals surface area contributed by atoms with Crippen LogP contribution in [0.4, 0.5) is 0 Å². The van der Waals surface area contributed by atoms with Crippen LogP contribution in [0.1, 0.15) is 16.7 Å². The normalized spacial score (nSPS) is 11.8. The molecule has 0 aliphatic rings. The molecule has 1 rings (SSSR count). The van der Waals surface area contributed by atoms with Gasteiger partial charge in [0.1, 0.15) is 6.54 Å². The molecule has 0 saturated heterocycles. The minimum Gasteiger partial charge on any atom is -0.327 e. The van der Waals surface area contributed by atoms with E-state index in [-0.39, 0.29) is 0 Å². The molecular formula is C12H20N+. The second-order valence-corrected chi connectivity index (χ2v) is 4.87. The molecule has 0 saturated carbocycles. The summed E-state index contributed by atoms with van der Waals surface area (Å²) in [5, 5.41) is 0. The van der Waals surface area contributed by atoms with Crippen molar-refractivity contribution in [2.24, 2.45) is 0 Å². The van der Waals surface area contributed by atoms with E-state index in [4.69, 9.17) is 0 Å². The van der Waals surface area contributed by atoms with Crippen molar-refractivity contribution in [3.8, 4) is 0 Å². The molecule has 0 aliphatic heterocycles. The summed E-state index contributed by atoms with van der Waals surface area (Å²) in [4.78, 5) is 0. The highest BCUT2D eigenvalue weighted by molar-refractivity contribution is 5.29. The highest BCUT2D eigenvalue weighted by atomic mass is 15.3. The predicted octanol–water partition coefficient (Wildman–Crippen LogP) is 2.51. The third-order valence-corrected chi connectivity index (χ3v) is 2.23. The Morgan fingerprint density at radius 1 is 1.00 bits per heavy atom. The average molecular weight is 178 g/mol. The van der Waals surface area contributed by atoms with Crippen molar-refractivity contribution >= 4 is 0 Å². The monoisotopic (exact) mass is 178 g/mol. The van der Waals surface area contributed by atoms with Crippen LogP contribution in [0.3, 0.4) is 0 Å². The molecule has 0 fully saturated rings. The molecule has 1 aromatic rings. The maximum Gasteiger partial charge on any atom is 0.104 e. The van der Waals surface area contributed by atoms with Gasteiger partial charge in [-0.25, -0.2) is 0 Å². The lowest BCUT2D eigenvalue weighted by atomic mass is 10.1. The van der Waals surface area contributed by atoms with E-state index < -0.39 is 0 Å². The van der Waals surface area contributed by atoms with Crippen LogP contribution < -0.4 is 0 Å². The molecule has 0 aromatic heterocycles. The van der Waals surface area contributed by atoms with Crippen molar-refractivity contribution in [3.63, 3.8) is 0 Å². The Labute approximate surface area is 81.6 Å². The Morgan fingerprint density at radius 3 is 2.08 bits per heavy atom. The predicted molar refractivity (Wildman–Crippen MR) is 57.7 cm³/mol. The summed E-state index contributed by atoms with van der Waals surface area (Å²) in [7, 11) is 6.65. The van der Waals surface area contributed by atoms with Crippen molar-refractivity contribution in [1.82, 2.24) is 0 Å². The highest BCUT2D eigenvalue weighted by Gasteiger charge is 2.08. The quantitative estimate of drug-likeness (QED) is 0.610. The topological polar surface area (TPSA) is 0 Å². The summed E-state index contributed by atoms with van der Waals surface area (Å²) in [6.07, 6.45) is 0. The van der Waals surface area contributed by atoms with E-state index in [2.05, 4.69) is 53.2 Å². The lowest BCUT2D eigenvalue weighted by molar-refractivity contribution is -0.884. The van der Waals surface area contributed by atoms with Crippen LogP contribution in [0, 0.1) is 13.8 Å². The Bertz CT molecular complexity index is 294. The van der Waals surface area contributed by atoms with E-state index in [0.29, 0.717) is 0 Å². The third kappa shape index (κ3) is 3.19. The summed E-state index contributed by atoms with van der Waals surface area (Å²) in [6, 6.07) is 6.73. The maximum absolute atomic E-state index is 2.29. The average Bonchev–Trinajstić information content (AvgIpc) is 1.94. The number of benzene rings is 1. The third-order valence-electron chi connectivity index (χ3n) is 2.23. The maximum atomic E-state index is 2.29. The van der Waals surface area contributed by atoms with Crippen molar-refractivity contribution in [2.45, 2.75) is 20.4 Å². The van der Waals surface area contributed by atoms with E-state index in [1.807, 2.05) is 0 Å². The van der Waals surface area contributed by atoms with Gasteiger partial charge in [0, 0.05) is 5.56 Å². The minimum absolute atomic E-state index is 0.989. The van der Waals surface area contributed by atoms with Crippen LogP contribution in [-0.2, 0) is 6.54 Å². The van der Waals surface area contributed by atoms with E-state index >= 15 is 0 Å². The summed E-state index contributed by atoms with van der Waals surface area (Å²) < 4.78 is 0.989. The Hall–Kier alpha value is -0.820. The van der Waals surface area contributed by atoms with Gasteiger partial charge >= 0.3 is 0 Å².